The SMILES string of the molecule is CCC1CN(C(=O)c2cccs2)CCO1. The highest BCUT2D eigenvalue weighted by Gasteiger charge is 2.24. The Labute approximate surface area is 93.7 Å². The van der Waals surface area contributed by atoms with Gasteiger partial charge in [-0.3, -0.25) is 4.79 Å². The molecule has 1 aromatic rings. The fourth-order valence-electron chi connectivity index (χ4n) is 1.71. The Bertz CT molecular complexity index is 323. The summed E-state index contributed by atoms with van der Waals surface area (Å²) in [6.07, 6.45) is 1.18. The monoisotopic (exact) mass is 225 g/mol. The van der Waals surface area contributed by atoms with Crippen LogP contribution in [-0.2, 0) is 4.74 Å². The van der Waals surface area contributed by atoms with E-state index in [0.717, 1.165) is 17.8 Å². The van der Waals surface area contributed by atoms with Gasteiger partial charge in [-0.05, 0) is 17.9 Å². The summed E-state index contributed by atoms with van der Waals surface area (Å²) in [5, 5.41) is 1.94. The van der Waals surface area contributed by atoms with E-state index in [1.165, 1.54) is 11.3 Å². The van der Waals surface area contributed by atoms with Gasteiger partial charge in [-0.1, -0.05) is 13.0 Å². The Morgan fingerprint density at radius 2 is 2.60 bits per heavy atom. The highest BCUT2D eigenvalue weighted by atomic mass is 32.1. The fraction of sp³-hybridized carbons (Fsp3) is 0.545. The quantitative estimate of drug-likeness (QED) is 0.770. The van der Waals surface area contributed by atoms with Gasteiger partial charge in [0.25, 0.3) is 5.91 Å². The second-order valence-electron chi connectivity index (χ2n) is 3.63. The predicted octanol–water partition coefficient (Wildman–Crippen LogP) is 2.00. The third-order valence-electron chi connectivity index (χ3n) is 2.61. The molecular weight excluding hydrogens is 210 g/mol. The minimum atomic E-state index is 0.145. The number of nitrogens with zero attached hydrogens (tertiary/aromatic N) is 1. The number of hydrogen-bond donors (Lipinski definition) is 0. The zero-order chi connectivity index (χ0) is 10.7. The molecule has 2 heterocycles. The number of morpholine rings is 1. The van der Waals surface area contributed by atoms with Gasteiger partial charge in [0.15, 0.2) is 0 Å². The zero-order valence-electron chi connectivity index (χ0n) is 8.81. The fourth-order valence-corrected chi connectivity index (χ4v) is 2.40. The van der Waals surface area contributed by atoms with Crippen LogP contribution in [0.1, 0.15) is 23.0 Å². The van der Waals surface area contributed by atoms with Crippen molar-refractivity contribution in [1.29, 1.82) is 0 Å². The van der Waals surface area contributed by atoms with Crippen molar-refractivity contribution < 1.29 is 9.53 Å². The molecule has 0 aliphatic carbocycles. The largest absolute Gasteiger partial charge is 0.375 e. The molecule has 0 aromatic carbocycles. The zero-order valence-corrected chi connectivity index (χ0v) is 9.63. The number of carbonyl (C=O) groups is 1. The van der Waals surface area contributed by atoms with E-state index >= 15 is 0 Å². The molecule has 1 aliphatic heterocycles. The normalized spacial score (nSPS) is 21.7. The molecular formula is C11H15NO2S. The van der Waals surface area contributed by atoms with Crippen LogP contribution < -0.4 is 0 Å². The molecule has 3 nitrogen and oxygen atoms in total. The molecule has 0 radical (unpaired) electrons. The molecule has 1 saturated heterocycles. The first kappa shape index (κ1) is 10.6. The highest BCUT2D eigenvalue weighted by Crippen LogP contribution is 2.15. The van der Waals surface area contributed by atoms with Gasteiger partial charge in [0.05, 0.1) is 17.6 Å². The van der Waals surface area contributed by atoms with Gasteiger partial charge in [0, 0.05) is 13.1 Å². The van der Waals surface area contributed by atoms with Crippen LogP contribution in [0.15, 0.2) is 17.5 Å². The van der Waals surface area contributed by atoms with Gasteiger partial charge in [0.1, 0.15) is 0 Å². The number of hydrogen-bond acceptors (Lipinski definition) is 3. The molecule has 1 fully saturated rings. The van der Waals surface area contributed by atoms with E-state index < -0.39 is 0 Å². The van der Waals surface area contributed by atoms with Gasteiger partial charge in [-0.25, -0.2) is 0 Å². The van der Waals surface area contributed by atoms with Crippen LogP contribution in [0.4, 0.5) is 0 Å². The van der Waals surface area contributed by atoms with Gasteiger partial charge >= 0.3 is 0 Å². The van der Waals surface area contributed by atoms with E-state index in [1.54, 1.807) is 0 Å². The van der Waals surface area contributed by atoms with Crippen molar-refractivity contribution in [2.75, 3.05) is 19.7 Å². The molecule has 0 spiro atoms. The summed E-state index contributed by atoms with van der Waals surface area (Å²) in [5.74, 6) is 0.145. The van der Waals surface area contributed by atoms with Crippen LogP contribution in [0.2, 0.25) is 0 Å². The Hall–Kier alpha value is -0.870. The van der Waals surface area contributed by atoms with Crippen LogP contribution in [-0.4, -0.2) is 36.6 Å². The Morgan fingerprint density at radius 1 is 1.73 bits per heavy atom. The summed E-state index contributed by atoms with van der Waals surface area (Å²) in [5.41, 5.74) is 0. The lowest BCUT2D eigenvalue weighted by atomic mass is 10.2. The van der Waals surface area contributed by atoms with Gasteiger partial charge < -0.3 is 9.64 Å². The first-order valence-electron chi connectivity index (χ1n) is 5.25. The van der Waals surface area contributed by atoms with Crippen LogP contribution >= 0.6 is 11.3 Å². The summed E-state index contributed by atoms with van der Waals surface area (Å²) in [4.78, 5) is 14.7. The standard InChI is InChI=1S/C11H15NO2S/c1-2-9-8-12(5-6-14-9)11(13)10-4-3-7-15-10/h3-4,7,9H,2,5-6,8H2,1H3. The number of thiophene rings is 1. The van der Waals surface area contributed by atoms with Crippen LogP contribution in [0.3, 0.4) is 0 Å². The minimum Gasteiger partial charge on any atom is -0.375 e. The molecule has 0 bridgehead atoms. The topological polar surface area (TPSA) is 29.5 Å². The van der Waals surface area contributed by atoms with E-state index in [4.69, 9.17) is 4.74 Å². The van der Waals surface area contributed by atoms with Gasteiger partial charge in [-0.15, -0.1) is 11.3 Å². The lowest BCUT2D eigenvalue weighted by molar-refractivity contribution is -0.0224. The summed E-state index contributed by atoms with van der Waals surface area (Å²) >= 11 is 1.50. The summed E-state index contributed by atoms with van der Waals surface area (Å²) in [7, 11) is 0. The molecule has 4 heteroatoms. The maximum absolute atomic E-state index is 12.0. The van der Waals surface area contributed by atoms with E-state index in [-0.39, 0.29) is 12.0 Å². The smallest absolute Gasteiger partial charge is 0.264 e. The van der Waals surface area contributed by atoms with Crippen molar-refractivity contribution in [3.63, 3.8) is 0 Å². The lowest BCUT2D eigenvalue weighted by Crippen LogP contribution is -2.45. The van der Waals surface area contributed by atoms with E-state index in [1.807, 2.05) is 22.4 Å². The van der Waals surface area contributed by atoms with Crippen molar-refractivity contribution >= 4 is 17.2 Å². The first-order valence-corrected chi connectivity index (χ1v) is 6.13. The van der Waals surface area contributed by atoms with Crippen molar-refractivity contribution in [3.05, 3.63) is 22.4 Å². The van der Waals surface area contributed by atoms with Gasteiger partial charge in [0.2, 0.25) is 0 Å². The van der Waals surface area contributed by atoms with Crippen molar-refractivity contribution in [2.24, 2.45) is 0 Å². The van der Waals surface area contributed by atoms with Crippen LogP contribution in [0.25, 0.3) is 0 Å². The van der Waals surface area contributed by atoms with Gasteiger partial charge in [-0.2, -0.15) is 0 Å². The summed E-state index contributed by atoms with van der Waals surface area (Å²) in [6, 6.07) is 3.79. The van der Waals surface area contributed by atoms with E-state index in [0.29, 0.717) is 13.2 Å². The molecule has 1 unspecified atom stereocenters. The number of ether oxygens (including phenoxy) is 1. The summed E-state index contributed by atoms with van der Waals surface area (Å²) in [6.45, 7) is 4.19. The number of rotatable bonds is 2. The number of carbonyl (C=O) groups excluding carboxylic acids is 1. The van der Waals surface area contributed by atoms with E-state index in [9.17, 15) is 4.79 Å². The minimum absolute atomic E-state index is 0.145. The Morgan fingerprint density at radius 3 is 3.27 bits per heavy atom. The Kier molecular flexibility index (Phi) is 3.38. The number of amides is 1. The third kappa shape index (κ3) is 2.38. The third-order valence-corrected chi connectivity index (χ3v) is 3.47. The van der Waals surface area contributed by atoms with Crippen molar-refractivity contribution in [2.45, 2.75) is 19.4 Å². The predicted molar refractivity (Wildman–Crippen MR) is 60.3 cm³/mol. The van der Waals surface area contributed by atoms with E-state index in [2.05, 4.69) is 6.92 Å². The second-order valence-corrected chi connectivity index (χ2v) is 4.58. The molecule has 0 saturated carbocycles. The summed E-state index contributed by atoms with van der Waals surface area (Å²) < 4.78 is 5.53. The van der Waals surface area contributed by atoms with Crippen LogP contribution in [0, 0.1) is 0 Å². The first-order chi connectivity index (χ1) is 7.31. The maximum Gasteiger partial charge on any atom is 0.264 e. The molecule has 2 rings (SSSR count). The molecule has 1 aliphatic rings. The maximum atomic E-state index is 12.0. The lowest BCUT2D eigenvalue weighted by Gasteiger charge is -2.32. The van der Waals surface area contributed by atoms with Crippen LogP contribution in [0.5, 0.6) is 0 Å². The average Bonchev–Trinajstić information content (AvgIpc) is 2.81. The molecule has 15 heavy (non-hydrogen) atoms. The Balaban J connectivity index is 2.01. The molecule has 1 amide bonds. The molecule has 82 valence electrons. The molecule has 1 aromatic heterocycles. The average molecular weight is 225 g/mol. The second kappa shape index (κ2) is 4.77. The van der Waals surface area contributed by atoms with Crippen molar-refractivity contribution in [3.8, 4) is 0 Å². The highest BCUT2D eigenvalue weighted by molar-refractivity contribution is 7.12. The molecule has 0 N–H and O–H groups in total. The van der Waals surface area contributed by atoms with Crippen molar-refractivity contribution in [1.82, 2.24) is 4.90 Å². The molecule has 1 atom stereocenters.